The average molecular weight is 574 g/mol. The summed E-state index contributed by atoms with van der Waals surface area (Å²) in [5.74, 6) is -1.73. The maximum atomic E-state index is 14.4. The van der Waals surface area contributed by atoms with E-state index in [1.54, 1.807) is 18.2 Å². The highest BCUT2D eigenvalue weighted by atomic mass is 19.3. The highest BCUT2D eigenvalue weighted by Gasteiger charge is 2.25. The number of hydrogen-bond acceptors (Lipinski definition) is 7. The third-order valence-electron chi connectivity index (χ3n) is 6.82. The number of carbonyl (C=O) groups is 1. The summed E-state index contributed by atoms with van der Waals surface area (Å²) in [7, 11) is 0. The van der Waals surface area contributed by atoms with Crippen LogP contribution in [0.1, 0.15) is 19.3 Å². The van der Waals surface area contributed by atoms with E-state index in [1.165, 1.54) is 6.33 Å². The van der Waals surface area contributed by atoms with Gasteiger partial charge in [0.15, 0.2) is 0 Å². The number of benzene rings is 3. The Kier molecular flexibility index (Phi) is 9.68. The van der Waals surface area contributed by atoms with Gasteiger partial charge in [-0.1, -0.05) is 18.2 Å². The van der Waals surface area contributed by atoms with Gasteiger partial charge in [-0.2, -0.15) is 0 Å². The number of fused-ring (bicyclic) bond motifs is 1. The van der Waals surface area contributed by atoms with Crippen LogP contribution in [0.3, 0.4) is 0 Å². The highest BCUT2D eigenvalue weighted by molar-refractivity contribution is 6.02. The Morgan fingerprint density at radius 2 is 1.69 bits per heavy atom. The molecular weight excluding hydrogens is 540 g/mol. The van der Waals surface area contributed by atoms with Crippen LogP contribution in [0.5, 0.6) is 11.5 Å². The molecule has 0 saturated carbocycles. The first-order chi connectivity index (χ1) is 20.4. The van der Waals surface area contributed by atoms with Gasteiger partial charge in [-0.15, -0.1) is 0 Å². The van der Waals surface area contributed by atoms with Crippen molar-refractivity contribution in [1.82, 2.24) is 14.9 Å². The molecule has 5 rings (SSSR count). The number of amides is 1. The van der Waals surface area contributed by atoms with Crippen LogP contribution in [0, 0.1) is 0 Å². The second-order valence-corrected chi connectivity index (χ2v) is 10.0. The number of aromatic nitrogens is 2. The molecule has 10 heteroatoms. The molecule has 0 bridgehead atoms. The Morgan fingerprint density at radius 3 is 2.48 bits per heavy atom. The van der Waals surface area contributed by atoms with E-state index in [0.717, 1.165) is 37.1 Å². The zero-order chi connectivity index (χ0) is 29.2. The molecule has 0 radical (unpaired) electrons. The topological polar surface area (TPSA) is 88.6 Å². The van der Waals surface area contributed by atoms with Crippen LogP contribution in [0.2, 0.25) is 0 Å². The van der Waals surface area contributed by atoms with Gasteiger partial charge in [0.2, 0.25) is 5.91 Å². The number of morpholine rings is 1. The van der Waals surface area contributed by atoms with Gasteiger partial charge in [0.25, 0.3) is 5.92 Å². The van der Waals surface area contributed by atoms with Gasteiger partial charge in [0.1, 0.15) is 23.6 Å². The summed E-state index contributed by atoms with van der Waals surface area (Å²) in [6.45, 7) is 3.84. The van der Waals surface area contributed by atoms with Crippen molar-refractivity contribution in [3.8, 4) is 11.5 Å². The summed E-state index contributed by atoms with van der Waals surface area (Å²) in [6, 6.07) is 22.0. The number of nitrogens with one attached hydrogen (secondary N) is 2. The predicted molar refractivity (Wildman–Crippen MR) is 160 cm³/mol. The van der Waals surface area contributed by atoms with Gasteiger partial charge >= 0.3 is 0 Å². The molecule has 1 aliphatic rings. The van der Waals surface area contributed by atoms with Crippen molar-refractivity contribution >= 4 is 34.0 Å². The van der Waals surface area contributed by atoms with Crippen molar-refractivity contribution < 1.29 is 23.0 Å². The summed E-state index contributed by atoms with van der Waals surface area (Å²) in [5, 5.41) is 6.59. The van der Waals surface area contributed by atoms with Gasteiger partial charge in [0.05, 0.1) is 18.7 Å². The van der Waals surface area contributed by atoms with Crippen LogP contribution in [-0.2, 0) is 9.53 Å². The van der Waals surface area contributed by atoms with Gasteiger partial charge in [-0.05, 0) is 80.1 Å². The number of hydrogen-bond donors (Lipinski definition) is 2. The zero-order valence-corrected chi connectivity index (χ0v) is 23.1. The summed E-state index contributed by atoms with van der Waals surface area (Å²) in [6.07, 6.45) is 3.77. The lowest BCUT2D eigenvalue weighted by Crippen LogP contribution is -2.36. The SMILES string of the molecule is O=C(C=CC(F)(F)CCCCN1CCOCC1)Nc1ccc2ncnc(Nc3ccc(Oc4ccccc4)cc3)c2c1. The first kappa shape index (κ1) is 29.1. The van der Waals surface area contributed by atoms with Gasteiger partial charge in [-0.3, -0.25) is 9.69 Å². The lowest BCUT2D eigenvalue weighted by Gasteiger charge is -2.26. The number of nitrogens with zero attached hydrogens (tertiary/aromatic N) is 3. The molecule has 1 aliphatic heterocycles. The normalized spacial score (nSPS) is 14.2. The number of carbonyl (C=O) groups excluding carboxylic acids is 1. The quantitative estimate of drug-likeness (QED) is 0.142. The third-order valence-corrected chi connectivity index (χ3v) is 6.82. The first-order valence-electron chi connectivity index (χ1n) is 14.0. The zero-order valence-electron chi connectivity index (χ0n) is 23.1. The molecule has 1 saturated heterocycles. The monoisotopic (exact) mass is 573 g/mol. The van der Waals surface area contributed by atoms with E-state index in [0.29, 0.717) is 60.3 Å². The molecule has 2 heterocycles. The molecular formula is C32H33F2N5O3. The number of unbranched alkanes of at least 4 members (excludes halogenated alkanes) is 1. The van der Waals surface area contributed by atoms with Gasteiger partial charge in [0, 0.05) is 42.3 Å². The Balaban J connectivity index is 1.16. The Labute approximate surface area is 243 Å². The fraction of sp³-hybridized carbons (Fsp3) is 0.281. The molecule has 0 spiro atoms. The number of halogens is 2. The smallest absolute Gasteiger partial charge is 0.266 e. The Morgan fingerprint density at radius 1 is 0.952 bits per heavy atom. The molecule has 218 valence electrons. The molecule has 0 atom stereocenters. The van der Waals surface area contributed by atoms with E-state index < -0.39 is 11.8 Å². The predicted octanol–water partition coefficient (Wildman–Crippen LogP) is 6.80. The van der Waals surface area contributed by atoms with E-state index in [-0.39, 0.29) is 6.42 Å². The van der Waals surface area contributed by atoms with Crippen molar-refractivity contribution in [3.63, 3.8) is 0 Å². The van der Waals surface area contributed by atoms with Crippen LogP contribution in [0.4, 0.5) is 26.0 Å². The molecule has 42 heavy (non-hydrogen) atoms. The Hall–Kier alpha value is -4.41. The lowest BCUT2D eigenvalue weighted by atomic mass is 10.1. The second kappa shape index (κ2) is 14.0. The largest absolute Gasteiger partial charge is 0.457 e. The minimum absolute atomic E-state index is 0.303. The van der Waals surface area contributed by atoms with Crippen LogP contribution < -0.4 is 15.4 Å². The van der Waals surface area contributed by atoms with E-state index >= 15 is 0 Å². The first-order valence-corrected chi connectivity index (χ1v) is 14.0. The molecule has 8 nitrogen and oxygen atoms in total. The number of anilines is 3. The minimum Gasteiger partial charge on any atom is -0.457 e. The molecule has 0 aliphatic carbocycles. The lowest BCUT2D eigenvalue weighted by molar-refractivity contribution is -0.112. The standard InChI is InChI=1S/C32H33F2N5O3/c33-32(34,15-4-5-17-39-18-20-41-21-19-39)16-14-30(40)37-25-10-13-29-28(22-25)31(36-23-35-29)38-24-8-11-27(12-9-24)42-26-6-2-1-3-7-26/h1-3,6-14,16,22-23H,4-5,15,17-21H2,(H,37,40)(H,35,36,38). The summed E-state index contributed by atoms with van der Waals surface area (Å²) in [4.78, 5) is 23.3. The molecule has 4 aromatic rings. The van der Waals surface area contributed by atoms with E-state index in [2.05, 4.69) is 25.5 Å². The molecule has 0 unspecified atom stereocenters. The van der Waals surface area contributed by atoms with Crippen molar-refractivity contribution in [1.29, 1.82) is 0 Å². The average Bonchev–Trinajstić information content (AvgIpc) is 3.01. The summed E-state index contributed by atoms with van der Waals surface area (Å²) >= 11 is 0. The fourth-order valence-corrected chi connectivity index (χ4v) is 4.59. The van der Waals surface area contributed by atoms with Crippen molar-refractivity contribution in [2.24, 2.45) is 0 Å². The molecule has 1 fully saturated rings. The number of alkyl halides is 2. The fourth-order valence-electron chi connectivity index (χ4n) is 4.59. The second-order valence-electron chi connectivity index (χ2n) is 10.0. The van der Waals surface area contributed by atoms with E-state index in [1.807, 2.05) is 54.6 Å². The van der Waals surface area contributed by atoms with Crippen LogP contribution >= 0.6 is 0 Å². The van der Waals surface area contributed by atoms with Crippen molar-refractivity contribution in [3.05, 3.63) is 91.3 Å². The maximum Gasteiger partial charge on any atom is 0.266 e. The van der Waals surface area contributed by atoms with Crippen LogP contribution in [0.25, 0.3) is 10.9 Å². The van der Waals surface area contributed by atoms with Crippen LogP contribution in [-0.4, -0.2) is 59.5 Å². The summed E-state index contributed by atoms with van der Waals surface area (Å²) in [5.41, 5.74) is 1.88. The molecule has 1 amide bonds. The summed E-state index contributed by atoms with van der Waals surface area (Å²) < 4.78 is 39.9. The van der Waals surface area contributed by atoms with Crippen molar-refractivity contribution in [2.75, 3.05) is 43.5 Å². The van der Waals surface area contributed by atoms with E-state index in [4.69, 9.17) is 9.47 Å². The number of allylic oxidation sites excluding steroid dienone is 1. The molecule has 1 aromatic heterocycles. The maximum absolute atomic E-state index is 14.4. The van der Waals surface area contributed by atoms with Gasteiger partial charge in [-0.25, -0.2) is 18.7 Å². The van der Waals surface area contributed by atoms with Crippen molar-refractivity contribution in [2.45, 2.75) is 25.2 Å². The van der Waals surface area contributed by atoms with E-state index in [9.17, 15) is 13.6 Å². The minimum atomic E-state index is -3.06. The highest BCUT2D eigenvalue weighted by Crippen LogP contribution is 2.28. The van der Waals surface area contributed by atoms with Gasteiger partial charge < -0.3 is 20.1 Å². The molecule has 2 N–H and O–H groups in total. The number of rotatable bonds is 12. The number of ether oxygens (including phenoxy) is 2. The molecule has 3 aromatic carbocycles. The van der Waals surface area contributed by atoms with Crippen LogP contribution in [0.15, 0.2) is 91.3 Å². The number of para-hydroxylation sites is 1. The Bertz CT molecular complexity index is 1490. The third kappa shape index (κ3) is 8.55.